The van der Waals surface area contributed by atoms with Gasteiger partial charge in [0.2, 0.25) is 5.91 Å². The Balaban J connectivity index is 1.52. The molecule has 2 aliphatic heterocycles. The number of anilines is 1. The molecule has 2 fully saturated rings. The van der Waals surface area contributed by atoms with Gasteiger partial charge in [-0.15, -0.1) is 0 Å². The minimum atomic E-state index is 0.168. The van der Waals surface area contributed by atoms with Crippen LogP contribution in [0.3, 0.4) is 0 Å². The van der Waals surface area contributed by atoms with Crippen molar-refractivity contribution in [3.05, 3.63) is 66.2 Å². The molecule has 0 bridgehead atoms. The van der Waals surface area contributed by atoms with Crippen molar-refractivity contribution in [1.29, 1.82) is 0 Å². The molecule has 2 aliphatic rings. The highest BCUT2D eigenvalue weighted by Crippen LogP contribution is 2.42. The normalized spacial score (nSPS) is 24.2. The minimum Gasteiger partial charge on any atom is -0.316 e. The summed E-state index contributed by atoms with van der Waals surface area (Å²) in [6.45, 7) is 8.28. The molecule has 1 N–H and O–H groups in total. The van der Waals surface area contributed by atoms with Crippen LogP contribution < -0.4 is 10.2 Å². The van der Waals surface area contributed by atoms with E-state index in [2.05, 4.69) is 57.6 Å². The molecule has 2 saturated heterocycles. The fourth-order valence-electron chi connectivity index (χ4n) is 5.33. The highest BCUT2D eigenvalue weighted by molar-refractivity contribution is 5.93. The fourth-order valence-corrected chi connectivity index (χ4v) is 5.33. The number of amides is 1. The van der Waals surface area contributed by atoms with E-state index in [4.69, 9.17) is 0 Å². The zero-order chi connectivity index (χ0) is 20.8. The Morgan fingerprint density at radius 1 is 1.13 bits per heavy atom. The average molecular weight is 406 g/mol. The highest BCUT2D eigenvalue weighted by Gasteiger charge is 2.46. The molecule has 0 aliphatic carbocycles. The third-order valence-corrected chi connectivity index (χ3v) is 7.09. The van der Waals surface area contributed by atoms with E-state index in [1.165, 1.54) is 12.0 Å². The Morgan fingerprint density at radius 2 is 1.87 bits per heavy atom. The summed E-state index contributed by atoms with van der Waals surface area (Å²) in [7, 11) is 0. The van der Waals surface area contributed by atoms with Crippen LogP contribution in [0.25, 0.3) is 0 Å². The summed E-state index contributed by atoms with van der Waals surface area (Å²) in [6.07, 6.45) is 3.99. The Hall–Kier alpha value is -2.17. The molecule has 2 heterocycles. The van der Waals surface area contributed by atoms with Gasteiger partial charge in [-0.05, 0) is 62.5 Å². The molecule has 4 nitrogen and oxygen atoms in total. The van der Waals surface area contributed by atoms with Crippen LogP contribution in [0.15, 0.2) is 60.7 Å². The van der Waals surface area contributed by atoms with E-state index in [1.54, 1.807) is 0 Å². The molecule has 0 saturated carbocycles. The molecule has 30 heavy (non-hydrogen) atoms. The number of hydrogen-bond donors (Lipinski definition) is 1. The molecule has 160 valence electrons. The van der Waals surface area contributed by atoms with Crippen LogP contribution in [0, 0.1) is 11.3 Å². The molecule has 4 rings (SSSR count). The molecular weight excluding hydrogens is 370 g/mol. The number of nitrogens with one attached hydrogen (secondary N) is 1. The van der Waals surface area contributed by atoms with Crippen LogP contribution in [0.1, 0.15) is 31.7 Å². The highest BCUT2D eigenvalue weighted by atomic mass is 16.2. The van der Waals surface area contributed by atoms with Gasteiger partial charge >= 0.3 is 0 Å². The van der Waals surface area contributed by atoms with Crippen LogP contribution >= 0.6 is 0 Å². The van der Waals surface area contributed by atoms with Crippen LogP contribution in [0.4, 0.5) is 5.69 Å². The standard InChI is InChI=1S/C26H35N3O/c1-2-25(30)29(24-11-7-4-8-12-24)21-26-15-16-27-19-23(26)14-18-28(20-26)17-13-22-9-5-3-6-10-22/h3-12,23,27H,2,13-21H2,1H3. The van der Waals surface area contributed by atoms with E-state index >= 15 is 0 Å². The predicted octanol–water partition coefficient (Wildman–Crippen LogP) is 3.97. The quantitative estimate of drug-likeness (QED) is 0.757. The monoisotopic (exact) mass is 405 g/mol. The first-order chi connectivity index (χ1) is 14.7. The number of rotatable bonds is 7. The van der Waals surface area contributed by atoms with E-state index in [9.17, 15) is 4.79 Å². The Kier molecular flexibility index (Phi) is 6.86. The van der Waals surface area contributed by atoms with Crippen LogP contribution in [-0.2, 0) is 11.2 Å². The zero-order valence-corrected chi connectivity index (χ0v) is 18.2. The number of likely N-dealkylation sites (tertiary alicyclic amines) is 1. The largest absolute Gasteiger partial charge is 0.316 e. The lowest BCUT2D eigenvalue weighted by Gasteiger charge is -2.53. The summed E-state index contributed by atoms with van der Waals surface area (Å²) >= 11 is 0. The van der Waals surface area contributed by atoms with Gasteiger partial charge in [0, 0.05) is 37.2 Å². The lowest BCUT2D eigenvalue weighted by Crippen LogP contribution is -2.60. The second-order valence-corrected chi connectivity index (χ2v) is 8.98. The summed E-state index contributed by atoms with van der Waals surface area (Å²) in [4.78, 5) is 17.7. The molecule has 2 unspecified atom stereocenters. The Morgan fingerprint density at radius 3 is 2.60 bits per heavy atom. The maximum absolute atomic E-state index is 12.9. The van der Waals surface area contributed by atoms with Gasteiger partial charge in [0.25, 0.3) is 0 Å². The summed E-state index contributed by atoms with van der Waals surface area (Å²) in [6, 6.07) is 21.1. The van der Waals surface area contributed by atoms with Crippen molar-refractivity contribution >= 4 is 11.6 Å². The van der Waals surface area contributed by atoms with Gasteiger partial charge in [0.15, 0.2) is 0 Å². The maximum Gasteiger partial charge on any atom is 0.226 e. The molecule has 1 amide bonds. The van der Waals surface area contributed by atoms with Gasteiger partial charge < -0.3 is 15.1 Å². The SMILES string of the molecule is CCC(=O)N(CC12CCNCC1CCN(CCc1ccccc1)C2)c1ccccc1. The van der Waals surface area contributed by atoms with Crippen molar-refractivity contribution in [3.63, 3.8) is 0 Å². The number of nitrogens with zero attached hydrogens (tertiary/aromatic N) is 2. The molecule has 2 aromatic rings. The van der Waals surface area contributed by atoms with Crippen molar-refractivity contribution in [1.82, 2.24) is 10.2 Å². The van der Waals surface area contributed by atoms with Gasteiger partial charge in [0.05, 0.1) is 0 Å². The molecule has 2 aromatic carbocycles. The Bertz CT molecular complexity index is 810. The van der Waals surface area contributed by atoms with Crippen LogP contribution in [-0.4, -0.2) is 50.1 Å². The van der Waals surface area contributed by atoms with Gasteiger partial charge in [-0.1, -0.05) is 55.5 Å². The fraction of sp³-hybridized carbons (Fsp3) is 0.500. The predicted molar refractivity (Wildman–Crippen MR) is 124 cm³/mol. The molecule has 0 radical (unpaired) electrons. The van der Waals surface area contributed by atoms with Gasteiger partial charge in [-0.25, -0.2) is 0 Å². The van der Waals surface area contributed by atoms with E-state index in [0.29, 0.717) is 12.3 Å². The second-order valence-electron chi connectivity index (χ2n) is 8.98. The number of fused-ring (bicyclic) bond motifs is 1. The maximum atomic E-state index is 12.9. The molecule has 2 atom stereocenters. The van der Waals surface area contributed by atoms with Crippen molar-refractivity contribution < 1.29 is 4.79 Å². The number of carbonyl (C=O) groups excluding carboxylic acids is 1. The lowest BCUT2D eigenvalue weighted by molar-refractivity contribution is -0.119. The van der Waals surface area contributed by atoms with Crippen LogP contribution in [0.2, 0.25) is 0 Å². The third-order valence-electron chi connectivity index (χ3n) is 7.09. The van der Waals surface area contributed by atoms with E-state index in [1.807, 2.05) is 25.1 Å². The van der Waals surface area contributed by atoms with Crippen LogP contribution in [0.5, 0.6) is 0 Å². The van der Waals surface area contributed by atoms with Crippen molar-refractivity contribution in [3.8, 4) is 0 Å². The number of benzene rings is 2. The van der Waals surface area contributed by atoms with Crippen molar-refractivity contribution in [2.45, 2.75) is 32.6 Å². The average Bonchev–Trinajstić information content (AvgIpc) is 2.82. The van der Waals surface area contributed by atoms with E-state index in [0.717, 1.165) is 57.8 Å². The van der Waals surface area contributed by atoms with E-state index < -0.39 is 0 Å². The zero-order valence-electron chi connectivity index (χ0n) is 18.2. The smallest absolute Gasteiger partial charge is 0.226 e. The summed E-state index contributed by atoms with van der Waals surface area (Å²) < 4.78 is 0. The number of piperidine rings is 2. The first-order valence-corrected chi connectivity index (χ1v) is 11.5. The molecular formula is C26H35N3O. The lowest BCUT2D eigenvalue weighted by atomic mass is 9.66. The van der Waals surface area contributed by atoms with E-state index in [-0.39, 0.29) is 11.3 Å². The molecule has 0 aromatic heterocycles. The molecule has 4 heteroatoms. The first kappa shape index (κ1) is 21.1. The Labute approximate surface area is 181 Å². The van der Waals surface area contributed by atoms with Gasteiger partial charge in [0.1, 0.15) is 0 Å². The first-order valence-electron chi connectivity index (χ1n) is 11.5. The van der Waals surface area contributed by atoms with Crippen molar-refractivity contribution in [2.24, 2.45) is 11.3 Å². The van der Waals surface area contributed by atoms with Gasteiger partial charge in [-0.2, -0.15) is 0 Å². The second kappa shape index (κ2) is 9.76. The number of hydrogen-bond acceptors (Lipinski definition) is 3. The molecule has 0 spiro atoms. The minimum absolute atomic E-state index is 0.168. The summed E-state index contributed by atoms with van der Waals surface area (Å²) in [5, 5.41) is 3.62. The number of para-hydroxylation sites is 1. The number of carbonyl (C=O) groups is 1. The summed E-state index contributed by atoms with van der Waals surface area (Å²) in [5.74, 6) is 0.865. The third kappa shape index (κ3) is 4.76. The van der Waals surface area contributed by atoms with Gasteiger partial charge in [-0.3, -0.25) is 4.79 Å². The summed E-state index contributed by atoms with van der Waals surface area (Å²) in [5.41, 5.74) is 2.62. The topological polar surface area (TPSA) is 35.6 Å². The van der Waals surface area contributed by atoms with Crippen molar-refractivity contribution in [2.75, 3.05) is 44.2 Å².